The second-order valence-electron chi connectivity index (χ2n) is 6.02. The summed E-state index contributed by atoms with van der Waals surface area (Å²) in [6, 6.07) is 17.1. The molecule has 5 heteroatoms. The molecule has 2 aromatic carbocycles. The van der Waals surface area contributed by atoms with Gasteiger partial charge in [0.2, 0.25) is 0 Å². The molecule has 3 rings (SSSR count). The smallest absolute Gasteiger partial charge is 0.255 e. The molecular weight excluding hydrogens is 316 g/mol. The van der Waals surface area contributed by atoms with Crippen molar-refractivity contribution in [3.63, 3.8) is 0 Å². The lowest BCUT2D eigenvalue weighted by Crippen LogP contribution is -2.45. The fraction of sp³-hybridized carbons (Fsp3) is 0.350. The van der Waals surface area contributed by atoms with Gasteiger partial charge in [-0.1, -0.05) is 30.3 Å². The SMILES string of the molecule is O=C(N[C@H]1CCCNC1)c1ccccc1OCCOc1ccccc1. The average molecular weight is 340 g/mol. The number of hydrogen-bond donors (Lipinski definition) is 2. The van der Waals surface area contributed by atoms with Crippen LogP contribution in [0.25, 0.3) is 0 Å². The molecule has 1 saturated heterocycles. The fourth-order valence-electron chi connectivity index (χ4n) is 2.85. The summed E-state index contributed by atoms with van der Waals surface area (Å²) in [5.41, 5.74) is 0.563. The minimum atomic E-state index is -0.0896. The number of para-hydroxylation sites is 2. The van der Waals surface area contributed by atoms with Gasteiger partial charge in [-0.2, -0.15) is 0 Å². The molecule has 0 aliphatic carbocycles. The molecule has 1 aliphatic heterocycles. The van der Waals surface area contributed by atoms with Crippen LogP contribution < -0.4 is 20.1 Å². The Morgan fingerprint density at radius 3 is 2.60 bits per heavy atom. The number of benzene rings is 2. The first kappa shape index (κ1) is 17.3. The maximum Gasteiger partial charge on any atom is 0.255 e. The summed E-state index contributed by atoms with van der Waals surface area (Å²) >= 11 is 0. The van der Waals surface area contributed by atoms with Crippen molar-refractivity contribution in [3.05, 3.63) is 60.2 Å². The molecule has 0 saturated carbocycles. The van der Waals surface area contributed by atoms with Crippen LogP contribution in [-0.4, -0.2) is 38.3 Å². The number of piperidine rings is 1. The van der Waals surface area contributed by atoms with E-state index in [2.05, 4.69) is 10.6 Å². The van der Waals surface area contributed by atoms with Crippen LogP contribution in [0.5, 0.6) is 11.5 Å². The first-order chi connectivity index (χ1) is 12.3. The molecule has 1 amide bonds. The number of amides is 1. The number of carbonyl (C=O) groups excluding carboxylic acids is 1. The van der Waals surface area contributed by atoms with Crippen LogP contribution in [0.15, 0.2) is 54.6 Å². The van der Waals surface area contributed by atoms with E-state index in [-0.39, 0.29) is 11.9 Å². The standard InChI is InChI=1S/C20H24N2O3/c23-20(22-16-7-6-12-21-15-16)18-10-4-5-11-19(18)25-14-13-24-17-8-2-1-3-9-17/h1-5,8-11,16,21H,6-7,12-15H2,(H,22,23)/t16-/m0/s1. The van der Waals surface area contributed by atoms with E-state index in [1.165, 1.54) is 0 Å². The summed E-state index contributed by atoms with van der Waals surface area (Å²) in [4.78, 5) is 12.5. The Bertz CT molecular complexity index is 670. The number of carbonyl (C=O) groups is 1. The zero-order chi connectivity index (χ0) is 17.3. The van der Waals surface area contributed by atoms with E-state index in [1.54, 1.807) is 6.07 Å². The molecule has 1 heterocycles. The predicted molar refractivity (Wildman–Crippen MR) is 97.2 cm³/mol. The quantitative estimate of drug-likeness (QED) is 0.761. The zero-order valence-corrected chi connectivity index (χ0v) is 14.2. The Labute approximate surface area is 148 Å². The maximum absolute atomic E-state index is 12.5. The van der Waals surface area contributed by atoms with E-state index in [0.717, 1.165) is 31.7 Å². The normalized spacial score (nSPS) is 16.9. The Balaban J connectivity index is 1.52. The lowest BCUT2D eigenvalue weighted by molar-refractivity contribution is 0.0925. The lowest BCUT2D eigenvalue weighted by Gasteiger charge is -2.24. The highest BCUT2D eigenvalue weighted by Gasteiger charge is 2.18. The van der Waals surface area contributed by atoms with Crippen molar-refractivity contribution in [2.75, 3.05) is 26.3 Å². The van der Waals surface area contributed by atoms with Crippen LogP contribution in [0, 0.1) is 0 Å². The van der Waals surface area contributed by atoms with E-state index < -0.39 is 0 Å². The van der Waals surface area contributed by atoms with Crippen LogP contribution in [0.2, 0.25) is 0 Å². The second-order valence-corrected chi connectivity index (χ2v) is 6.02. The van der Waals surface area contributed by atoms with Gasteiger partial charge in [0, 0.05) is 12.6 Å². The molecule has 0 unspecified atom stereocenters. The number of ether oxygens (including phenoxy) is 2. The van der Waals surface area contributed by atoms with Crippen molar-refractivity contribution >= 4 is 5.91 Å². The molecule has 132 valence electrons. The van der Waals surface area contributed by atoms with Crippen molar-refractivity contribution in [2.24, 2.45) is 0 Å². The van der Waals surface area contributed by atoms with Crippen LogP contribution in [0.4, 0.5) is 0 Å². The van der Waals surface area contributed by atoms with Crippen molar-refractivity contribution < 1.29 is 14.3 Å². The van der Waals surface area contributed by atoms with Crippen LogP contribution in [0.3, 0.4) is 0 Å². The molecule has 0 spiro atoms. The molecule has 0 radical (unpaired) electrons. The predicted octanol–water partition coefficient (Wildman–Crippen LogP) is 2.63. The van der Waals surface area contributed by atoms with E-state index >= 15 is 0 Å². The molecule has 0 bridgehead atoms. The van der Waals surface area contributed by atoms with E-state index in [0.29, 0.717) is 24.5 Å². The minimum Gasteiger partial charge on any atom is -0.490 e. The topological polar surface area (TPSA) is 59.6 Å². The van der Waals surface area contributed by atoms with E-state index in [9.17, 15) is 4.79 Å². The Kier molecular flexibility index (Phi) is 6.29. The third-order valence-corrected chi connectivity index (χ3v) is 4.12. The van der Waals surface area contributed by atoms with Gasteiger partial charge < -0.3 is 20.1 Å². The van der Waals surface area contributed by atoms with Crippen molar-refractivity contribution in [2.45, 2.75) is 18.9 Å². The molecule has 2 N–H and O–H groups in total. The number of rotatable bonds is 7. The highest BCUT2D eigenvalue weighted by atomic mass is 16.5. The minimum absolute atomic E-state index is 0.0896. The first-order valence-corrected chi connectivity index (χ1v) is 8.74. The van der Waals surface area contributed by atoms with Gasteiger partial charge in [0.15, 0.2) is 0 Å². The third kappa shape index (κ3) is 5.22. The van der Waals surface area contributed by atoms with Gasteiger partial charge in [-0.3, -0.25) is 4.79 Å². The molecule has 5 nitrogen and oxygen atoms in total. The van der Waals surface area contributed by atoms with Crippen LogP contribution in [-0.2, 0) is 0 Å². The third-order valence-electron chi connectivity index (χ3n) is 4.12. The van der Waals surface area contributed by atoms with E-state index in [4.69, 9.17) is 9.47 Å². The van der Waals surface area contributed by atoms with Gasteiger partial charge in [0.1, 0.15) is 24.7 Å². The zero-order valence-electron chi connectivity index (χ0n) is 14.2. The Morgan fingerprint density at radius 1 is 1.04 bits per heavy atom. The fourth-order valence-corrected chi connectivity index (χ4v) is 2.85. The van der Waals surface area contributed by atoms with Gasteiger partial charge in [-0.15, -0.1) is 0 Å². The van der Waals surface area contributed by atoms with Crippen molar-refractivity contribution in [1.82, 2.24) is 10.6 Å². The summed E-state index contributed by atoms with van der Waals surface area (Å²) in [6.07, 6.45) is 2.09. The van der Waals surface area contributed by atoms with Crippen molar-refractivity contribution in [3.8, 4) is 11.5 Å². The highest BCUT2D eigenvalue weighted by molar-refractivity contribution is 5.97. The summed E-state index contributed by atoms with van der Waals surface area (Å²) in [6.45, 7) is 2.64. The van der Waals surface area contributed by atoms with Crippen LogP contribution in [0.1, 0.15) is 23.2 Å². The summed E-state index contributed by atoms with van der Waals surface area (Å²) in [5.74, 6) is 1.30. The maximum atomic E-state index is 12.5. The molecule has 2 aromatic rings. The van der Waals surface area contributed by atoms with Gasteiger partial charge >= 0.3 is 0 Å². The average Bonchev–Trinajstić information content (AvgIpc) is 2.67. The molecule has 1 atom stereocenters. The molecule has 1 fully saturated rings. The lowest BCUT2D eigenvalue weighted by atomic mass is 10.1. The highest BCUT2D eigenvalue weighted by Crippen LogP contribution is 2.18. The summed E-state index contributed by atoms with van der Waals surface area (Å²) in [5, 5.41) is 6.38. The van der Waals surface area contributed by atoms with Crippen molar-refractivity contribution in [1.29, 1.82) is 0 Å². The van der Waals surface area contributed by atoms with Gasteiger partial charge in [-0.05, 0) is 43.7 Å². The van der Waals surface area contributed by atoms with Crippen LogP contribution >= 0.6 is 0 Å². The molecule has 0 aromatic heterocycles. The second kappa shape index (κ2) is 9.08. The number of hydrogen-bond acceptors (Lipinski definition) is 4. The van der Waals surface area contributed by atoms with E-state index in [1.807, 2.05) is 48.5 Å². The molecule has 25 heavy (non-hydrogen) atoms. The summed E-state index contributed by atoms with van der Waals surface area (Å²) in [7, 11) is 0. The first-order valence-electron chi connectivity index (χ1n) is 8.74. The monoisotopic (exact) mass is 340 g/mol. The van der Waals surface area contributed by atoms with Gasteiger partial charge in [0.05, 0.1) is 5.56 Å². The Morgan fingerprint density at radius 2 is 1.80 bits per heavy atom. The largest absolute Gasteiger partial charge is 0.490 e. The van der Waals surface area contributed by atoms with Gasteiger partial charge in [-0.25, -0.2) is 0 Å². The molecule has 1 aliphatic rings. The Hall–Kier alpha value is -2.53. The van der Waals surface area contributed by atoms with Gasteiger partial charge in [0.25, 0.3) is 5.91 Å². The molecular formula is C20H24N2O3. The summed E-state index contributed by atoms with van der Waals surface area (Å²) < 4.78 is 11.4. The number of nitrogens with one attached hydrogen (secondary N) is 2.